The van der Waals surface area contributed by atoms with Crippen LogP contribution in [0.3, 0.4) is 0 Å². The van der Waals surface area contributed by atoms with Crippen LogP contribution in [-0.4, -0.2) is 11.2 Å². The molecule has 0 aromatic carbocycles. The topological polar surface area (TPSA) is 20.2 Å². The number of aliphatic hydroxyl groups is 1. The Morgan fingerprint density at radius 3 is 2.33 bits per heavy atom. The first-order valence-electron chi connectivity index (χ1n) is 2.28. The molecule has 0 aliphatic rings. The normalized spacial score (nSPS) is 10.0. The molecule has 0 bridgehead atoms. The van der Waals surface area contributed by atoms with E-state index in [0.717, 1.165) is 6.42 Å². The third-order valence-corrected chi connectivity index (χ3v) is 0.804. The molecular formula is C5H11O. The van der Waals surface area contributed by atoms with Crippen LogP contribution in [0.4, 0.5) is 0 Å². The highest BCUT2D eigenvalue weighted by molar-refractivity contribution is 4.50. The average Bonchev–Trinajstić information content (AvgIpc) is 1.65. The van der Waals surface area contributed by atoms with Crippen LogP contribution in [0.25, 0.3) is 0 Å². The van der Waals surface area contributed by atoms with Gasteiger partial charge in [0.1, 0.15) is 0 Å². The monoisotopic (exact) mass is 87.1 g/mol. The van der Waals surface area contributed by atoms with Gasteiger partial charge in [0.05, 0.1) is 6.10 Å². The molecule has 6 heavy (non-hydrogen) atoms. The van der Waals surface area contributed by atoms with Gasteiger partial charge in [-0.05, 0) is 12.8 Å². The molecule has 1 atom stereocenters. The SMILES string of the molecule is [CH2]C[C@@H](O)CC. The van der Waals surface area contributed by atoms with Crippen molar-refractivity contribution in [3.8, 4) is 0 Å². The Labute approximate surface area is 39.0 Å². The average molecular weight is 87.1 g/mol. The highest BCUT2D eigenvalue weighted by atomic mass is 16.3. The van der Waals surface area contributed by atoms with Crippen LogP contribution < -0.4 is 0 Å². The molecule has 0 unspecified atom stereocenters. The summed E-state index contributed by atoms with van der Waals surface area (Å²) in [7, 11) is 0. The van der Waals surface area contributed by atoms with Crippen molar-refractivity contribution >= 4 is 0 Å². The van der Waals surface area contributed by atoms with E-state index in [2.05, 4.69) is 6.92 Å². The van der Waals surface area contributed by atoms with E-state index < -0.39 is 0 Å². The zero-order chi connectivity index (χ0) is 4.99. The summed E-state index contributed by atoms with van der Waals surface area (Å²) in [5, 5.41) is 8.60. The molecule has 1 nitrogen and oxygen atoms in total. The summed E-state index contributed by atoms with van der Waals surface area (Å²) >= 11 is 0. The predicted octanol–water partition coefficient (Wildman–Crippen LogP) is 0.981. The minimum Gasteiger partial charge on any atom is -0.393 e. The van der Waals surface area contributed by atoms with Gasteiger partial charge in [-0.25, -0.2) is 0 Å². The van der Waals surface area contributed by atoms with Gasteiger partial charge in [-0.1, -0.05) is 13.8 Å². The van der Waals surface area contributed by atoms with Crippen molar-refractivity contribution in [2.45, 2.75) is 25.9 Å². The first kappa shape index (κ1) is 5.96. The molecule has 0 amide bonds. The second kappa shape index (κ2) is 3.16. The Morgan fingerprint density at radius 2 is 2.33 bits per heavy atom. The second-order valence-corrected chi connectivity index (χ2v) is 1.35. The standard InChI is InChI=1S/C5H11O/c1-3-5(6)4-2/h5-6H,1,3-4H2,2H3/t5-/m1/s1. The van der Waals surface area contributed by atoms with Gasteiger partial charge < -0.3 is 5.11 Å². The van der Waals surface area contributed by atoms with E-state index in [0.29, 0.717) is 6.42 Å². The zero-order valence-corrected chi connectivity index (χ0v) is 4.15. The Hall–Kier alpha value is -0.0400. The lowest BCUT2D eigenvalue weighted by Crippen LogP contribution is -1.99. The first-order chi connectivity index (χ1) is 2.81. The number of hydrogen-bond donors (Lipinski definition) is 1. The Morgan fingerprint density at radius 1 is 1.83 bits per heavy atom. The van der Waals surface area contributed by atoms with Gasteiger partial charge in [-0.15, -0.1) is 0 Å². The van der Waals surface area contributed by atoms with E-state index in [-0.39, 0.29) is 6.10 Å². The van der Waals surface area contributed by atoms with Crippen molar-refractivity contribution in [2.75, 3.05) is 0 Å². The first-order valence-corrected chi connectivity index (χ1v) is 2.28. The minimum absolute atomic E-state index is 0.176. The van der Waals surface area contributed by atoms with Crippen LogP contribution in [0.15, 0.2) is 0 Å². The van der Waals surface area contributed by atoms with E-state index in [1.165, 1.54) is 0 Å². The highest BCUT2D eigenvalue weighted by Crippen LogP contribution is 1.91. The largest absolute Gasteiger partial charge is 0.393 e. The molecule has 0 aliphatic heterocycles. The van der Waals surface area contributed by atoms with Gasteiger partial charge in [0.2, 0.25) is 0 Å². The van der Waals surface area contributed by atoms with E-state index >= 15 is 0 Å². The van der Waals surface area contributed by atoms with Crippen molar-refractivity contribution in [3.05, 3.63) is 6.92 Å². The molecule has 0 fully saturated rings. The fourth-order valence-corrected chi connectivity index (χ4v) is 0.204. The lowest BCUT2D eigenvalue weighted by molar-refractivity contribution is 0.173. The smallest absolute Gasteiger partial charge is 0.0537 e. The van der Waals surface area contributed by atoms with E-state index in [9.17, 15) is 0 Å². The van der Waals surface area contributed by atoms with E-state index in [4.69, 9.17) is 5.11 Å². The lowest BCUT2D eigenvalue weighted by Gasteiger charge is -1.98. The summed E-state index contributed by atoms with van der Waals surface area (Å²) in [5.74, 6) is 0. The van der Waals surface area contributed by atoms with Crippen molar-refractivity contribution in [3.63, 3.8) is 0 Å². The van der Waals surface area contributed by atoms with Gasteiger partial charge in [-0.2, -0.15) is 0 Å². The molecule has 1 heteroatoms. The molecule has 0 heterocycles. The van der Waals surface area contributed by atoms with Crippen molar-refractivity contribution in [1.29, 1.82) is 0 Å². The minimum atomic E-state index is -0.176. The fraction of sp³-hybridized carbons (Fsp3) is 0.800. The molecular weight excluding hydrogens is 76.1 g/mol. The van der Waals surface area contributed by atoms with Gasteiger partial charge in [0.15, 0.2) is 0 Å². The van der Waals surface area contributed by atoms with Crippen LogP contribution in [0.1, 0.15) is 19.8 Å². The van der Waals surface area contributed by atoms with Crippen LogP contribution in [-0.2, 0) is 0 Å². The highest BCUT2D eigenvalue weighted by Gasteiger charge is 1.90. The summed E-state index contributed by atoms with van der Waals surface area (Å²) in [4.78, 5) is 0. The molecule has 1 N–H and O–H groups in total. The van der Waals surface area contributed by atoms with Crippen LogP contribution in [0.2, 0.25) is 0 Å². The Bertz CT molecular complexity index is 23.1. The van der Waals surface area contributed by atoms with Crippen LogP contribution in [0.5, 0.6) is 0 Å². The summed E-state index contributed by atoms with van der Waals surface area (Å²) in [6.45, 7) is 5.45. The third kappa shape index (κ3) is 2.21. The van der Waals surface area contributed by atoms with Crippen molar-refractivity contribution in [1.82, 2.24) is 0 Å². The zero-order valence-electron chi connectivity index (χ0n) is 4.15. The molecule has 1 radical (unpaired) electrons. The summed E-state index contributed by atoms with van der Waals surface area (Å²) in [6.07, 6.45) is 1.28. The van der Waals surface area contributed by atoms with Crippen LogP contribution in [0, 0.1) is 6.92 Å². The second-order valence-electron chi connectivity index (χ2n) is 1.35. The fourth-order valence-electron chi connectivity index (χ4n) is 0.204. The van der Waals surface area contributed by atoms with E-state index in [1.807, 2.05) is 6.92 Å². The number of aliphatic hydroxyl groups excluding tert-OH is 1. The molecule has 37 valence electrons. The summed E-state index contributed by atoms with van der Waals surface area (Å²) in [5.41, 5.74) is 0. The maximum absolute atomic E-state index is 8.60. The summed E-state index contributed by atoms with van der Waals surface area (Å²) < 4.78 is 0. The number of hydrogen-bond acceptors (Lipinski definition) is 1. The maximum Gasteiger partial charge on any atom is 0.0537 e. The molecule has 0 aromatic rings. The van der Waals surface area contributed by atoms with Crippen molar-refractivity contribution < 1.29 is 5.11 Å². The third-order valence-electron chi connectivity index (χ3n) is 0.804. The molecule has 0 spiro atoms. The van der Waals surface area contributed by atoms with Gasteiger partial charge >= 0.3 is 0 Å². The Balaban J connectivity index is 2.75. The predicted molar refractivity (Wildman–Crippen MR) is 26.3 cm³/mol. The quantitative estimate of drug-likeness (QED) is 0.532. The van der Waals surface area contributed by atoms with Gasteiger partial charge in [0, 0.05) is 0 Å². The molecule has 0 saturated carbocycles. The van der Waals surface area contributed by atoms with E-state index in [1.54, 1.807) is 0 Å². The molecule has 0 aromatic heterocycles. The van der Waals surface area contributed by atoms with Gasteiger partial charge in [0.25, 0.3) is 0 Å². The lowest BCUT2D eigenvalue weighted by atomic mass is 10.2. The maximum atomic E-state index is 8.60. The summed E-state index contributed by atoms with van der Waals surface area (Å²) in [6, 6.07) is 0. The van der Waals surface area contributed by atoms with Gasteiger partial charge in [-0.3, -0.25) is 0 Å². The molecule has 0 saturated heterocycles. The van der Waals surface area contributed by atoms with Crippen LogP contribution >= 0.6 is 0 Å². The number of rotatable bonds is 2. The Kier molecular flexibility index (Phi) is 3.14. The van der Waals surface area contributed by atoms with Crippen molar-refractivity contribution in [2.24, 2.45) is 0 Å². The molecule has 0 rings (SSSR count). The molecule has 0 aliphatic carbocycles.